The van der Waals surface area contributed by atoms with E-state index in [4.69, 9.17) is 4.98 Å². The zero-order valence-electron chi connectivity index (χ0n) is 16.8. The molecule has 6 heteroatoms. The molecule has 1 aliphatic heterocycles. The van der Waals surface area contributed by atoms with Crippen molar-refractivity contribution in [3.63, 3.8) is 0 Å². The van der Waals surface area contributed by atoms with Gasteiger partial charge in [0, 0.05) is 44.3 Å². The molecule has 1 fully saturated rings. The van der Waals surface area contributed by atoms with E-state index >= 15 is 0 Å². The van der Waals surface area contributed by atoms with Crippen LogP contribution in [-0.2, 0) is 7.05 Å². The van der Waals surface area contributed by atoms with Crippen LogP contribution in [0.1, 0.15) is 23.2 Å². The molecule has 0 N–H and O–H groups in total. The highest BCUT2D eigenvalue weighted by atomic mass is 16.2. The largest absolute Gasteiger partial charge is 0.341 e. The highest BCUT2D eigenvalue weighted by Crippen LogP contribution is 2.26. The number of carbonyl (C=O) groups excluding carboxylic acids is 1. The first-order valence-electron chi connectivity index (χ1n) is 9.84. The molecular weight excluding hydrogens is 350 g/mol. The third-order valence-corrected chi connectivity index (χ3v) is 5.55. The fraction of sp³-hybridized carbons (Fsp3) is 0.409. The van der Waals surface area contributed by atoms with Crippen molar-refractivity contribution in [2.45, 2.75) is 12.8 Å². The van der Waals surface area contributed by atoms with E-state index in [0.717, 1.165) is 41.8 Å². The number of para-hydroxylation sites is 1. The van der Waals surface area contributed by atoms with Gasteiger partial charge in [0.15, 0.2) is 0 Å². The molecule has 3 aromatic rings. The smallest absolute Gasteiger partial charge is 0.254 e. The molecule has 1 aliphatic rings. The summed E-state index contributed by atoms with van der Waals surface area (Å²) in [6.07, 6.45) is 6.09. The summed E-state index contributed by atoms with van der Waals surface area (Å²) >= 11 is 0. The van der Waals surface area contributed by atoms with Gasteiger partial charge in [-0.15, -0.1) is 0 Å². The van der Waals surface area contributed by atoms with Crippen molar-refractivity contribution < 1.29 is 4.79 Å². The van der Waals surface area contributed by atoms with E-state index in [0.29, 0.717) is 11.5 Å². The first kappa shape index (κ1) is 18.6. The Bertz CT molecular complexity index is 996. The van der Waals surface area contributed by atoms with Crippen LogP contribution in [0.4, 0.5) is 0 Å². The van der Waals surface area contributed by atoms with Crippen LogP contribution in [0.5, 0.6) is 0 Å². The number of carbonyl (C=O) groups is 1. The Morgan fingerprint density at radius 1 is 1.29 bits per heavy atom. The number of hydrogen-bond donors (Lipinski definition) is 0. The van der Waals surface area contributed by atoms with Crippen LogP contribution < -0.4 is 0 Å². The lowest BCUT2D eigenvalue weighted by Gasteiger charge is -2.32. The van der Waals surface area contributed by atoms with Crippen molar-refractivity contribution in [2.24, 2.45) is 13.0 Å². The van der Waals surface area contributed by atoms with Crippen LogP contribution in [0, 0.1) is 5.92 Å². The van der Waals surface area contributed by atoms with Crippen LogP contribution in [0.2, 0.25) is 0 Å². The number of hydrogen-bond acceptors (Lipinski definition) is 4. The van der Waals surface area contributed by atoms with E-state index in [-0.39, 0.29) is 5.91 Å². The Morgan fingerprint density at radius 2 is 2.11 bits per heavy atom. The number of aryl methyl sites for hydroxylation is 1. The van der Waals surface area contributed by atoms with Crippen molar-refractivity contribution in [3.8, 4) is 11.3 Å². The second-order valence-corrected chi connectivity index (χ2v) is 7.93. The number of pyridine rings is 1. The molecule has 2 aromatic heterocycles. The van der Waals surface area contributed by atoms with Gasteiger partial charge in [0.2, 0.25) is 0 Å². The first-order chi connectivity index (χ1) is 13.5. The summed E-state index contributed by atoms with van der Waals surface area (Å²) in [7, 11) is 5.95. The monoisotopic (exact) mass is 377 g/mol. The molecule has 4 rings (SSSR count). The van der Waals surface area contributed by atoms with Gasteiger partial charge < -0.3 is 9.80 Å². The summed E-state index contributed by atoms with van der Waals surface area (Å²) in [6.45, 7) is 2.98. The van der Waals surface area contributed by atoms with E-state index in [1.54, 1.807) is 10.9 Å². The summed E-state index contributed by atoms with van der Waals surface area (Å²) in [4.78, 5) is 22.4. The van der Waals surface area contributed by atoms with Crippen LogP contribution in [0.3, 0.4) is 0 Å². The molecule has 0 aliphatic carbocycles. The molecule has 28 heavy (non-hydrogen) atoms. The summed E-state index contributed by atoms with van der Waals surface area (Å²) in [5, 5.41) is 5.14. The number of rotatable bonds is 4. The normalized spacial score (nSPS) is 17.8. The lowest BCUT2D eigenvalue weighted by molar-refractivity contribution is 0.0742. The maximum absolute atomic E-state index is 13.4. The Morgan fingerprint density at radius 3 is 2.86 bits per heavy atom. The molecule has 1 unspecified atom stereocenters. The van der Waals surface area contributed by atoms with Gasteiger partial charge in [0.05, 0.1) is 23.0 Å². The molecule has 146 valence electrons. The minimum absolute atomic E-state index is 0.0527. The fourth-order valence-electron chi connectivity index (χ4n) is 4.15. The number of aromatic nitrogens is 3. The van der Waals surface area contributed by atoms with Gasteiger partial charge in [-0.1, -0.05) is 18.2 Å². The maximum Gasteiger partial charge on any atom is 0.254 e. The molecular formula is C22H27N5O. The Hall–Kier alpha value is -2.73. The Kier molecular flexibility index (Phi) is 5.13. The lowest BCUT2D eigenvalue weighted by atomic mass is 9.97. The van der Waals surface area contributed by atoms with Gasteiger partial charge in [0.25, 0.3) is 5.91 Å². The predicted molar refractivity (Wildman–Crippen MR) is 111 cm³/mol. The van der Waals surface area contributed by atoms with Crippen LogP contribution in [0.25, 0.3) is 22.2 Å². The van der Waals surface area contributed by atoms with Crippen molar-refractivity contribution in [3.05, 3.63) is 48.3 Å². The summed E-state index contributed by atoms with van der Waals surface area (Å²) in [6, 6.07) is 9.76. The molecule has 3 heterocycles. The van der Waals surface area contributed by atoms with Gasteiger partial charge in [-0.05, 0) is 44.5 Å². The average Bonchev–Trinajstić information content (AvgIpc) is 3.13. The summed E-state index contributed by atoms with van der Waals surface area (Å²) < 4.78 is 1.75. The number of fused-ring (bicyclic) bond motifs is 1. The standard InChI is InChI=1S/C22H27N5O/c1-25-10-6-7-16(13-25)14-26(2)22(28)19-11-21(17-12-23-27(3)15-17)24-20-9-5-4-8-18(19)20/h4-5,8-9,11-12,15-16H,6-7,10,13-14H2,1-3H3. The van der Waals surface area contributed by atoms with Gasteiger partial charge in [-0.2, -0.15) is 5.10 Å². The van der Waals surface area contributed by atoms with Gasteiger partial charge >= 0.3 is 0 Å². The van der Waals surface area contributed by atoms with Gasteiger partial charge in [0.1, 0.15) is 0 Å². The lowest BCUT2D eigenvalue weighted by Crippen LogP contribution is -2.40. The molecule has 0 bridgehead atoms. The minimum Gasteiger partial charge on any atom is -0.341 e. The van der Waals surface area contributed by atoms with Crippen molar-refractivity contribution >= 4 is 16.8 Å². The van der Waals surface area contributed by atoms with E-state index in [1.807, 2.05) is 55.5 Å². The van der Waals surface area contributed by atoms with Gasteiger partial charge in [-0.3, -0.25) is 9.48 Å². The van der Waals surface area contributed by atoms with Gasteiger partial charge in [-0.25, -0.2) is 4.98 Å². The number of benzene rings is 1. The average molecular weight is 377 g/mol. The minimum atomic E-state index is 0.0527. The zero-order valence-corrected chi connectivity index (χ0v) is 16.8. The quantitative estimate of drug-likeness (QED) is 0.701. The first-order valence-corrected chi connectivity index (χ1v) is 9.84. The zero-order chi connectivity index (χ0) is 19.7. The highest BCUT2D eigenvalue weighted by Gasteiger charge is 2.23. The molecule has 1 aromatic carbocycles. The van der Waals surface area contributed by atoms with Crippen LogP contribution in [-0.4, -0.2) is 64.2 Å². The molecule has 1 saturated heterocycles. The SMILES string of the molecule is CN1CCCC(CN(C)C(=O)c2cc(-c3cnn(C)c3)nc3ccccc23)C1. The third kappa shape index (κ3) is 3.78. The summed E-state index contributed by atoms with van der Waals surface area (Å²) in [5.41, 5.74) is 3.23. The van der Waals surface area contributed by atoms with Crippen LogP contribution >= 0.6 is 0 Å². The molecule has 1 amide bonds. The van der Waals surface area contributed by atoms with Crippen LogP contribution in [0.15, 0.2) is 42.7 Å². The van der Waals surface area contributed by atoms with Crippen molar-refractivity contribution in [1.82, 2.24) is 24.6 Å². The molecule has 1 atom stereocenters. The Labute approximate surface area is 165 Å². The highest BCUT2D eigenvalue weighted by molar-refractivity contribution is 6.07. The second kappa shape index (κ2) is 7.72. The molecule has 0 radical (unpaired) electrons. The van der Waals surface area contributed by atoms with E-state index in [9.17, 15) is 4.79 Å². The van der Waals surface area contributed by atoms with E-state index in [1.165, 1.54) is 12.8 Å². The molecule has 0 saturated carbocycles. The predicted octanol–water partition coefficient (Wildman–Crippen LogP) is 3.05. The Balaban J connectivity index is 1.67. The number of amides is 1. The third-order valence-electron chi connectivity index (χ3n) is 5.55. The van der Waals surface area contributed by atoms with Crippen molar-refractivity contribution in [2.75, 3.05) is 33.7 Å². The number of piperidine rings is 1. The number of likely N-dealkylation sites (tertiary alicyclic amines) is 1. The fourth-order valence-corrected chi connectivity index (χ4v) is 4.15. The number of nitrogens with zero attached hydrogens (tertiary/aromatic N) is 5. The van der Waals surface area contributed by atoms with E-state index < -0.39 is 0 Å². The summed E-state index contributed by atoms with van der Waals surface area (Å²) in [5.74, 6) is 0.579. The molecule has 0 spiro atoms. The maximum atomic E-state index is 13.4. The van der Waals surface area contributed by atoms with E-state index in [2.05, 4.69) is 17.0 Å². The topological polar surface area (TPSA) is 54.3 Å². The molecule has 6 nitrogen and oxygen atoms in total. The van der Waals surface area contributed by atoms with Crippen molar-refractivity contribution in [1.29, 1.82) is 0 Å². The second-order valence-electron chi connectivity index (χ2n) is 7.93.